The molecule has 0 bridgehead atoms. The van der Waals surface area contributed by atoms with Crippen LogP contribution in [0, 0.1) is 0 Å². The summed E-state index contributed by atoms with van der Waals surface area (Å²) < 4.78 is 5.28. The molecule has 15 heavy (non-hydrogen) atoms. The van der Waals surface area contributed by atoms with Gasteiger partial charge in [-0.2, -0.15) is 0 Å². The molecular weight excluding hydrogens is 212 g/mol. The Kier molecular flexibility index (Phi) is 3.14. The van der Waals surface area contributed by atoms with Crippen molar-refractivity contribution in [3.63, 3.8) is 0 Å². The SMILES string of the molecule is COc1cccc(Cl)c1CN1CC(N)C1. The molecule has 1 saturated heterocycles. The van der Waals surface area contributed by atoms with Crippen LogP contribution in [0.15, 0.2) is 18.2 Å². The molecule has 2 rings (SSSR count). The molecule has 4 heteroatoms. The average Bonchev–Trinajstić information content (AvgIpc) is 2.18. The molecule has 0 amide bonds. The molecule has 1 aliphatic rings. The first-order chi connectivity index (χ1) is 7.20. The van der Waals surface area contributed by atoms with Crippen molar-refractivity contribution in [2.75, 3.05) is 20.2 Å². The second kappa shape index (κ2) is 4.39. The van der Waals surface area contributed by atoms with Gasteiger partial charge in [0.2, 0.25) is 0 Å². The van der Waals surface area contributed by atoms with Crippen LogP contribution in [0.3, 0.4) is 0 Å². The van der Waals surface area contributed by atoms with Crippen molar-refractivity contribution in [3.8, 4) is 5.75 Å². The van der Waals surface area contributed by atoms with E-state index >= 15 is 0 Å². The molecule has 2 N–H and O–H groups in total. The summed E-state index contributed by atoms with van der Waals surface area (Å²) in [4.78, 5) is 2.26. The lowest BCUT2D eigenvalue weighted by molar-refractivity contribution is 0.141. The zero-order chi connectivity index (χ0) is 10.8. The maximum atomic E-state index is 6.13. The fraction of sp³-hybridized carbons (Fsp3) is 0.455. The lowest BCUT2D eigenvalue weighted by Gasteiger charge is -2.37. The van der Waals surface area contributed by atoms with Gasteiger partial charge in [0.1, 0.15) is 5.75 Å². The molecule has 1 fully saturated rings. The number of hydrogen-bond acceptors (Lipinski definition) is 3. The summed E-state index contributed by atoms with van der Waals surface area (Å²) in [6, 6.07) is 6.03. The van der Waals surface area contributed by atoms with Crippen LogP contribution >= 0.6 is 11.6 Å². The fourth-order valence-electron chi connectivity index (χ4n) is 1.85. The Morgan fingerprint density at radius 2 is 2.27 bits per heavy atom. The highest BCUT2D eigenvalue weighted by Crippen LogP contribution is 2.28. The minimum absolute atomic E-state index is 0.318. The van der Waals surface area contributed by atoms with Crippen LogP contribution in [0.2, 0.25) is 5.02 Å². The van der Waals surface area contributed by atoms with Gasteiger partial charge >= 0.3 is 0 Å². The number of hydrogen-bond donors (Lipinski definition) is 1. The number of halogens is 1. The summed E-state index contributed by atoms with van der Waals surface area (Å²) in [5, 5.41) is 0.759. The molecule has 1 aromatic carbocycles. The average molecular weight is 227 g/mol. The Morgan fingerprint density at radius 1 is 1.53 bits per heavy atom. The number of rotatable bonds is 3. The van der Waals surface area contributed by atoms with E-state index in [4.69, 9.17) is 22.1 Å². The molecule has 1 aromatic rings. The first kappa shape index (κ1) is 10.7. The summed E-state index contributed by atoms with van der Waals surface area (Å²) in [6.45, 7) is 2.69. The number of ether oxygens (including phenoxy) is 1. The van der Waals surface area contributed by atoms with Gasteiger partial charge in [0, 0.05) is 36.3 Å². The maximum Gasteiger partial charge on any atom is 0.124 e. The predicted octanol–water partition coefficient (Wildman–Crippen LogP) is 1.49. The molecule has 0 aromatic heterocycles. The van der Waals surface area contributed by atoms with Crippen LogP contribution in [0.5, 0.6) is 5.75 Å². The van der Waals surface area contributed by atoms with E-state index in [2.05, 4.69) is 4.90 Å². The van der Waals surface area contributed by atoms with Gasteiger partial charge in [-0.25, -0.2) is 0 Å². The molecular formula is C11H15ClN2O. The van der Waals surface area contributed by atoms with Crippen LogP contribution < -0.4 is 10.5 Å². The number of benzene rings is 1. The van der Waals surface area contributed by atoms with Gasteiger partial charge in [0.05, 0.1) is 7.11 Å². The molecule has 0 atom stereocenters. The standard InChI is InChI=1S/C11H15ClN2O/c1-15-11-4-2-3-10(12)9(11)7-14-5-8(13)6-14/h2-4,8H,5-7,13H2,1H3. The molecule has 0 spiro atoms. The van der Waals surface area contributed by atoms with E-state index in [1.807, 2.05) is 18.2 Å². The first-order valence-electron chi connectivity index (χ1n) is 5.00. The lowest BCUT2D eigenvalue weighted by atomic mass is 10.1. The van der Waals surface area contributed by atoms with Crippen LogP contribution in [0.4, 0.5) is 0 Å². The van der Waals surface area contributed by atoms with Crippen molar-refractivity contribution >= 4 is 11.6 Å². The third kappa shape index (κ3) is 2.25. The third-order valence-corrected chi connectivity index (χ3v) is 3.02. The highest BCUT2D eigenvalue weighted by Gasteiger charge is 2.24. The van der Waals surface area contributed by atoms with Crippen LogP contribution in [0.1, 0.15) is 5.56 Å². The minimum Gasteiger partial charge on any atom is -0.496 e. The smallest absolute Gasteiger partial charge is 0.124 e. The van der Waals surface area contributed by atoms with Crippen molar-refractivity contribution in [3.05, 3.63) is 28.8 Å². The molecule has 3 nitrogen and oxygen atoms in total. The molecule has 0 aliphatic carbocycles. The number of methoxy groups -OCH3 is 1. The number of nitrogens with zero attached hydrogens (tertiary/aromatic N) is 1. The van der Waals surface area contributed by atoms with Crippen molar-refractivity contribution in [2.45, 2.75) is 12.6 Å². The van der Waals surface area contributed by atoms with Gasteiger partial charge in [-0.1, -0.05) is 17.7 Å². The highest BCUT2D eigenvalue weighted by atomic mass is 35.5. The van der Waals surface area contributed by atoms with Gasteiger partial charge in [-0.05, 0) is 12.1 Å². The summed E-state index contributed by atoms with van der Waals surface area (Å²) in [5.74, 6) is 0.850. The molecule has 1 aliphatic heterocycles. The van der Waals surface area contributed by atoms with Crippen LogP contribution in [-0.4, -0.2) is 31.1 Å². The molecule has 82 valence electrons. The predicted molar refractivity (Wildman–Crippen MR) is 61.3 cm³/mol. The summed E-state index contributed by atoms with van der Waals surface area (Å²) in [7, 11) is 1.66. The number of likely N-dealkylation sites (tertiary alicyclic amines) is 1. The zero-order valence-electron chi connectivity index (χ0n) is 8.74. The second-order valence-electron chi connectivity index (χ2n) is 3.87. The molecule has 1 heterocycles. The zero-order valence-corrected chi connectivity index (χ0v) is 9.50. The van der Waals surface area contributed by atoms with Gasteiger partial charge in [-0.3, -0.25) is 4.90 Å². The first-order valence-corrected chi connectivity index (χ1v) is 5.38. The van der Waals surface area contributed by atoms with E-state index in [1.54, 1.807) is 7.11 Å². The van der Waals surface area contributed by atoms with E-state index in [0.717, 1.165) is 36.0 Å². The fourth-order valence-corrected chi connectivity index (χ4v) is 2.07. The Bertz CT molecular complexity index is 350. The summed E-state index contributed by atoms with van der Waals surface area (Å²) in [5.41, 5.74) is 6.77. The van der Waals surface area contributed by atoms with E-state index in [-0.39, 0.29) is 0 Å². The molecule has 0 radical (unpaired) electrons. The number of nitrogens with two attached hydrogens (primary N) is 1. The van der Waals surface area contributed by atoms with E-state index in [1.165, 1.54) is 0 Å². The van der Waals surface area contributed by atoms with Gasteiger partial charge in [0.25, 0.3) is 0 Å². The van der Waals surface area contributed by atoms with E-state index in [9.17, 15) is 0 Å². The van der Waals surface area contributed by atoms with Crippen LogP contribution in [-0.2, 0) is 6.54 Å². The molecule has 0 saturated carbocycles. The van der Waals surface area contributed by atoms with E-state index < -0.39 is 0 Å². The van der Waals surface area contributed by atoms with E-state index in [0.29, 0.717) is 6.04 Å². The Hall–Kier alpha value is -0.770. The quantitative estimate of drug-likeness (QED) is 0.849. The monoisotopic (exact) mass is 226 g/mol. The minimum atomic E-state index is 0.318. The topological polar surface area (TPSA) is 38.5 Å². The Morgan fingerprint density at radius 3 is 2.87 bits per heavy atom. The van der Waals surface area contributed by atoms with Crippen molar-refractivity contribution in [1.82, 2.24) is 4.90 Å². The maximum absolute atomic E-state index is 6.13. The van der Waals surface area contributed by atoms with Gasteiger partial charge < -0.3 is 10.5 Å². The summed E-state index contributed by atoms with van der Waals surface area (Å²) in [6.07, 6.45) is 0. The Balaban J connectivity index is 2.12. The third-order valence-electron chi connectivity index (χ3n) is 2.66. The molecule has 0 unspecified atom stereocenters. The van der Waals surface area contributed by atoms with Crippen molar-refractivity contribution < 1.29 is 4.74 Å². The Labute approximate surface area is 94.8 Å². The largest absolute Gasteiger partial charge is 0.496 e. The summed E-state index contributed by atoms with van der Waals surface area (Å²) >= 11 is 6.13. The highest BCUT2D eigenvalue weighted by molar-refractivity contribution is 6.31. The lowest BCUT2D eigenvalue weighted by Crippen LogP contribution is -2.54. The van der Waals surface area contributed by atoms with Crippen molar-refractivity contribution in [1.29, 1.82) is 0 Å². The normalized spacial score (nSPS) is 17.5. The van der Waals surface area contributed by atoms with Gasteiger partial charge in [-0.15, -0.1) is 0 Å². The van der Waals surface area contributed by atoms with Crippen LogP contribution in [0.25, 0.3) is 0 Å². The van der Waals surface area contributed by atoms with Gasteiger partial charge in [0.15, 0.2) is 0 Å². The second-order valence-corrected chi connectivity index (χ2v) is 4.28. The van der Waals surface area contributed by atoms with Crippen molar-refractivity contribution in [2.24, 2.45) is 5.73 Å².